The Balaban J connectivity index is 1.22. The lowest BCUT2D eigenvalue weighted by atomic mass is 10.2. The van der Waals surface area contributed by atoms with E-state index in [0.29, 0.717) is 23.8 Å². The van der Waals surface area contributed by atoms with Crippen LogP contribution in [-0.2, 0) is 27.5 Å². The van der Waals surface area contributed by atoms with Crippen LogP contribution in [0.3, 0.4) is 0 Å². The molecule has 8 heteroatoms. The van der Waals surface area contributed by atoms with Gasteiger partial charge in [-0.15, -0.1) is 0 Å². The molecule has 7 nitrogen and oxygen atoms in total. The third kappa shape index (κ3) is 7.33. The van der Waals surface area contributed by atoms with Crippen molar-refractivity contribution in [3.8, 4) is 11.5 Å². The minimum Gasteiger partial charge on any atom is -0.457 e. The topological polar surface area (TPSA) is 81.6 Å². The van der Waals surface area contributed by atoms with Crippen LogP contribution in [0.25, 0.3) is 10.8 Å². The van der Waals surface area contributed by atoms with Crippen LogP contribution >= 0.6 is 0 Å². The number of amides is 2. The molecule has 0 fully saturated rings. The Morgan fingerprint density at radius 2 is 1.38 bits per heavy atom. The summed E-state index contributed by atoms with van der Waals surface area (Å²) < 4.78 is 26.4. The SMILES string of the molecule is O=C(Cn1cc2ccccc2c1)NC(COCc1ccccc1)C(=O)Nc1ccc(Oc2ccc(F)cc2)cc1. The number of ether oxygens (including phenoxy) is 2. The summed E-state index contributed by atoms with van der Waals surface area (Å²) in [6, 6.07) is 29.0. The van der Waals surface area contributed by atoms with Crippen LogP contribution in [0.1, 0.15) is 5.56 Å². The van der Waals surface area contributed by atoms with Gasteiger partial charge >= 0.3 is 0 Å². The number of nitrogens with zero attached hydrogens (tertiary/aromatic N) is 1. The quantitative estimate of drug-likeness (QED) is 0.219. The zero-order valence-electron chi connectivity index (χ0n) is 21.6. The standard InChI is InChI=1S/C32H28FN3O4/c33-26-10-14-28(15-11-26)40-29-16-12-27(13-17-29)34-32(38)30(22-39-21-23-6-2-1-3-7-23)35-31(37)20-36-18-24-8-4-5-9-25(24)19-36/h1-19,30H,20-22H2,(H,34,38)(H,35,37). The molecule has 2 amide bonds. The maximum Gasteiger partial charge on any atom is 0.249 e. The Morgan fingerprint density at radius 3 is 2.02 bits per heavy atom. The van der Waals surface area contributed by atoms with Crippen LogP contribution < -0.4 is 15.4 Å². The normalized spacial score (nSPS) is 11.6. The number of nitrogens with one attached hydrogen (secondary N) is 2. The van der Waals surface area contributed by atoms with E-state index in [1.807, 2.05) is 67.0 Å². The summed E-state index contributed by atoms with van der Waals surface area (Å²) >= 11 is 0. The Hall–Kier alpha value is -4.95. The van der Waals surface area contributed by atoms with Gasteiger partial charge in [-0.25, -0.2) is 4.39 Å². The molecule has 5 rings (SSSR count). The molecule has 0 spiro atoms. The maximum atomic E-state index is 13.2. The highest BCUT2D eigenvalue weighted by molar-refractivity contribution is 5.97. The molecule has 1 unspecified atom stereocenters. The van der Waals surface area contributed by atoms with Gasteiger partial charge < -0.3 is 24.7 Å². The fraction of sp³-hybridized carbons (Fsp3) is 0.125. The average Bonchev–Trinajstić information content (AvgIpc) is 3.37. The van der Waals surface area contributed by atoms with E-state index in [-0.39, 0.29) is 24.9 Å². The van der Waals surface area contributed by atoms with Crippen molar-refractivity contribution in [2.24, 2.45) is 0 Å². The van der Waals surface area contributed by atoms with Crippen LogP contribution in [0.5, 0.6) is 11.5 Å². The summed E-state index contributed by atoms with van der Waals surface area (Å²) in [6.07, 6.45) is 3.79. The second kappa shape index (κ2) is 12.7. The van der Waals surface area contributed by atoms with Gasteiger partial charge in [0.15, 0.2) is 0 Å². The third-order valence-corrected chi connectivity index (χ3v) is 6.15. The summed E-state index contributed by atoms with van der Waals surface area (Å²) in [5, 5.41) is 7.71. The molecule has 2 N–H and O–H groups in total. The first kappa shape index (κ1) is 26.6. The van der Waals surface area contributed by atoms with Gasteiger partial charge in [0.1, 0.15) is 29.9 Å². The van der Waals surface area contributed by atoms with Gasteiger partial charge in [-0.05, 0) is 64.9 Å². The number of benzene rings is 4. The number of hydrogen-bond acceptors (Lipinski definition) is 4. The summed E-state index contributed by atoms with van der Waals surface area (Å²) in [5.41, 5.74) is 1.49. The summed E-state index contributed by atoms with van der Waals surface area (Å²) in [7, 11) is 0. The zero-order valence-corrected chi connectivity index (χ0v) is 21.6. The van der Waals surface area contributed by atoms with E-state index in [2.05, 4.69) is 10.6 Å². The van der Waals surface area contributed by atoms with Crippen LogP contribution in [0.4, 0.5) is 10.1 Å². The molecule has 0 aliphatic heterocycles. The fourth-order valence-corrected chi connectivity index (χ4v) is 4.16. The molecule has 40 heavy (non-hydrogen) atoms. The van der Waals surface area contributed by atoms with Crippen molar-refractivity contribution in [3.05, 3.63) is 127 Å². The molecular weight excluding hydrogens is 509 g/mol. The number of hydrogen-bond donors (Lipinski definition) is 2. The monoisotopic (exact) mass is 537 g/mol. The van der Waals surface area contributed by atoms with Crippen LogP contribution in [0, 0.1) is 5.82 Å². The van der Waals surface area contributed by atoms with E-state index in [1.165, 1.54) is 24.3 Å². The molecule has 5 aromatic rings. The Bertz CT molecular complexity index is 1530. The van der Waals surface area contributed by atoms with Crippen LogP contribution in [0.2, 0.25) is 0 Å². The second-order valence-electron chi connectivity index (χ2n) is 9.25. The second-order valence-corrected chi connectivity index (χ2v) is 9.25. The number of carbonyl (C=O) groups excluding carboxylic acids is 2. The van der Waals surface area contributed by atoms with E-state index < -0.39 is 11.9 Å². The van der Waals surface area contributed by atoms with Crippen molar-refractivity contribution in [1.82, 2.24) is 9.88 Å². The molecule has 0 radical (unpaired) electrons. The van der Waals surface area contributed by atoms with Gasteiger partial charge in [0.25, 0.3) is 0 Å². The maximum absolute atomic E-state index is 13.2. The first-order chi connectivity index (χ1) is 19.5. The van der Waals surface area contributed by atoms with Gasteiger partial charge in [0.2, 0.25) is 11.8 Å². The molecule has 0 saturated heterocycles. The van der Waals surface area contributed by atoms with Crippen LogP contribution in [-0.4, -0.2) is 29.0 Å². The molecule has 0 aliphatic carbocycles. The van der Waals surface area contributed by atoms with E-state index in [4.69, 9.17) is 9.47 Å². The summed E-state index contributed by atoms with van der Waals surface area (Å²) in [4.78, 5) is 26.1. The summed E-state index contributed by atoms with van der Waals surface area (Å²) in [5.74, 6) is -0.0495. The molecule has 1 atom stereocenters. The highest BCUT2D eigenvalue weighted by Gasteiger charge is 2.22. The lowest BCUT2D eigenvalue weighted by molar-refractivity contribution is -0.128. The highest BCUT2D eigenvalue weighted by atomic mass is 19.1. The molecule has 1 aromatic heterocycles. The van der Waals surface area contributed by atoms with E-state index in [0.717, 1.165) is 16.3 Å². The van der Waals surface area contributed by atoms with Gasteiger partial charge in [-0.1, -0.05) is 54.6 Å². The lowest BCUT2D eigenvalue weighted by Gasteiger charge is -2.19. The van der Waals surface area contributed by atoms with Crippen LogP contribution in [0.15, 0.2) is 116 Å². The van der Waals surface area contributed by atoms with Crippen molar-refractivity contribution in [3.63, 3.8) is 0 Å². The molecule has 202 valence electrons. The smallest absolute Gasteiger partial charge is 0.249 e. The van der Waals surface area contributed by atoms with E-state index in [1.54, 1.807) is 28.8 Å². The lowest BCUT2D eigenvalue weighted by Crippen LogP contribution is -2.47. The fourth-order valence-electron chi connectivity index (χ4n) is 4.16. The first-order valence-electron chi connectivity index (χ1n) is 12.8. The number of halogens is 1. The predicted molar refractivity (Wildman–Crippen MR) is 152 cm³/mol. The van der Waals surface area contributed by atoms with Gasteiger partial charge in [0.05, 0.1) is 13.2 Å². The average molecular weight is 538 g/mol. The molecule has 1 heterocycles. The number of fused-ring (bicyclic) bond motifs is 1. The first-order valence-corrected chi connectivity index (χ1v) is 12.8. The van der Waals surface area contributed by atoms with Gasteiger partial charge in [-0.3, -0.25) is 9.59 Å². The van der Waals surface area contributed by atoms with Gasteiger partial charge in [-0.2, -0.15) is 0 Å². The van der Waals surface area contributed by atoms with E-state index >= 15 is 0 Å². The highest BCUT2D eigenvalue weighted by Crippen LogP contribution is 2.23. The van der Waals surface area contributed by atoms with Crippen molar-refractivity contribution in [1.29, 1.82) is 0 Å². The Morgan fingerprint density at radius 1 is 0.775 bits per heavy atom. The Labute approximate surface area is 231 Å². The van der Waals surface area contributed by atoms with Crippen molar-refractivity contribution < 1.29 is 23.5 Å². The Kier molecular flexibility index (Phi) is 8.48. The van der Waals surface area contributed by atoms with Crippen molar-refractivity contribution >= 4 is 28.3 Å². The van der Waals surface area contributed by atoms with Gasteiger partial charge in [0, 0.05) is 18.1 Å². The molecule has 0 bridgehead atoms. The number of anilines is 1. The number of rotatable bonds is 11. The molecule has 0 saturated carbocycles. The number of aromatic nitrogens is 1. The van der Waals surface area contributed by atoms with E-state index in [9.17, 15) is 14.0 Å². The minimum atomic E-state index is -0.920. The van der Waals surface area contributed by atoms with Crippen molar-refractivity contribution in [2.75, 3.05) is 11.9 Å². The zero-order chi connectivity index (χ0) is 27.7. The predicted octanol–water partition coefficient (Wildman–Crippen LogP) is 5.91. The largest absolute Gasteiger partial charge is 0.457 e. The van der Waals surface area contributed by atoms with Crippen molar-refractivity contribution in [2.45, 2.75) is 19.2 Å². The molecule has 0 aliphatic rings. The molecule has 4 aromatic carbocycles. The summed E-state index contributed by atoms with van der Waals surface area (Å²) in [6.45, 7) is 0.358. The molecular formula is C32H28FN3O4. The third-order valence-electron chi connectivity index (χ3n) is 6.15. The minimum absolute atomic E-state index is 0.00805. The number of carbonyl (C=O) groups is 2.